The van der Waals surface area contributed by atoms with Crippen molar-refractivity contribution in [3.8, 4) is 0 Å². The number of H-pyrrole nitrogens is 1. The predicted molar refractivity (Wildman–Crippen MR) is 110 cm³/mol. The number of rotatable bonds is 3. The Hall–Kier alpha value is -3.26. The fourth-order valence-electron chi connectivity index (χ4n) is 4.37. The van der Waals surface area contributed by atoms with Gasteiger partial charge in [0.05, 0.1) is 31.2 Å². The summed E-state index contributed by atoms with van der Waals surface area (Å²) in [5.74, 6) is 0.0124. The lowest BCUT2D eigenvalue weighted by atomic mass is 10.1. The fraction of sp³-hybridized carbons (Fsp3) is 0.364. The predicted octanol–water partition coefficient (Wildman–Crippen LogP) is 1.50. The third kappa shape index (κ3) is 3.54. The number of nitrogens with one attached hydrogen (secondary N) is 1. The van der Waals surface area contributed by atoms with Crippen LogP contribution in [0.5, 0.6) is 0 Å². The van der Waals surface area contributed by atoms with E-state index >= 15 is 0 Å². The Morgan fingerprint density at radius 1 is 1.10 bits per heavy atom. The number of aromatic nitrogens is 3. The van der Waals surface area contributed by atoms with Crippen molar-refractivity contribution in [1.29, 1.82) is 0 Å². The molecule has 0 spiro atoms. The molecule has 2 bridgehead atoms. The Bertz CT molecular complexity index is 1070. The summed E-state index contributed by atoms with van der Waals surface area (Å²) in [5, 5.41) is 8.02. The largest absolute Gasteiger partial charge is 0.379 e. The van der Waals surface area contributed by atoms with E-state index < -0.39 is 0 Å². The molecule has 0 unspecified atom stereocenters. The Morgan fingerprint density at radius 2 is 2.00 bits per heavy atom. The average molecular weight is 405 g/mol. The SMILES string of the molecule is O=C(c1n[nH]c2ccccc12)N1C[C@@H]2COC[C@H](C1)N(C(=O)Cc1cccnc1)C2. The molecule has 1 aromatic carbocycles. The van der Waals surface area contributed by atoms with Crippen LogP contribution in [0.15, 0.2) is 48.8 Å². The van der Waals surface area contributed by atoms with Crippen LogP contribution in [0.2, 0.25) is 0 Å². The van der Waals surface area contributed by atoms with Gasteiger partial charge in [-0.25, -0.2) is 0 Å². The first-order valence-electron chi connectivity index (χ1n) is 10.2. The van der Waals surface area contributed by atoms with Crippen LogP contribution in [0.25, 0.3) is 10.9 Å². The molecule has 2 aliphatic heterocycles. The summed E-state index contributed by atoms with van der Waals surface area (Å²) >= 11 is 0. The highest BCUT2D eigenvalue weighted by Gasteiger charge is 2.38. The summed E-state index contributed by atoms with van der Waals surface area (Å²) in [6.45, 7) is 2.55. The molecule has 8 nitrogen and oxygen atoms in total. The van der Waals surface area contributed by atoms with Gasteiger partial charge < -0.3 is 14.5 Å². The molecule has 30 heavy (non-hydrogen) atoms. The fourth-order valence-corrected chi connectivity index (χ4v) is 4.37. The second-order valence-corrected chi connectivity index (χ2v) is 7.97. The number of nitrogens with zero attached hydrogens (tertiary/aromatic N) is 4. The van der Waals surface area contributed by atoms with E-state index in [1.165, 1.54) is 0 Å². The molecule has 0 saturated carbocycles. The number of fused-ring (bicyclic) bond motifs is 4. The number of pyridine rings is 1. The standard InChI is InChI=1S/C22H23N5O3/c28-20(8-15-4-3-7-23-9-15)27-11-16-10-26(12-17(27)14-30-13-16)22(29)21-18-5-1-2-6-19(18)24-25-21/h1-7,9,16-17H,8,10-14H2,(H,24,25)/t16-,17-/m0/s1. The van der Waals surface area contributed by atoms with Crippen molar-refractivity contribution in [3.63, 3.8) is 0 Å². The van der Waals surface area contributed by atoms with Crippen LogP contribution in [0.1, 0.15) is 16.1 Å². The molecule has 5 rings (SSSR count). The zero-order valence-electron chi connectivity index (χ0n) is 16.5. The van der Waals surface area contributed by atoms with Crippen molar-refractivity contribution < 1.29 is 14.3 Å². The molecule has 2 amide bonds. The Morgan fingerprint density at radius 3 is 2.87 bits per heavy atom. The molecule has 2 aliphatic rings. The minimum absolute atomic E-state index is 0.0445. The molecule has 2 saturated heterocycles. The lowest BCUT2D eigenvalue weighted by Crippen LogP contribution is -2.48. The van der Waals surface area contributed by atoms with Crippen LogP contribution >= 0.6 is 0 Å². The maximum absolute atomic E-state index is 13.3. The van der Waals surface area contributed by atoms with E-state index in [1.807, 2.05) is 46.2 Å². The van der Waals surface area contributed by atoms with Crippen LogP contribution in [-0.2, 0) is 16.0 Å². The van der Waals surface area contributed by atoms with Gasteiger partial charge in [-0.2, -0.15) is 5.10 Å². The number of amides is 2. The average Bonchev–Trinajstić information content (AvgIpc) is 2.95. The highest BCUT2D eigenvalue weighted by molar-refractivity contribution is 6.04. The van der Waals surface area contributed by atoms with Gasteiger partial charge in [0, 0.05) is 43.3 Å². The topological polar surface area (TPSA) is 91.4 Å². The second kappa shape index (κ2) is 7.87. The van der Waals surface area contributed by atoms with Gasteiger partial charge in [0.1, 0.15) is 0 Å². The number of carbonyl (C=O) groups excluding carboxylic acids is 2. The molecular formula is C22H23N5O3. The van der Waals surface area contributed by atoms with Gasteiger partial charge in [0.15, 0.2) is 5.69 Å². The van der Waals surface area contributed by atoms with Crippen molar-refractivity contribution in [1.82, 2.24) is 25.0 Å². The third-order valence-electron chi connectivity index (χ3n) is 5.83. The summed E-state index contributed by atoms with van der Waals surface area (Å²) in [5.41, 5.74) is 2.16. The lowest BCUT2D eigenvalue weighted by Gasteiger charge is -2.31. The zero-order valence-corrected chi connectivity index (χ0v) is 16.5. The highest BCUT2D eigenvalue weighted by Crippen LogP contribution is 2.24. The van der Waals surface area contributed by atoms with E-state index in [0.29, 0.717) is 45.0 Å². The van der Waals surface area contributed by atoms with Crippen molar-refractivity contribution in [2.24, 2.45) is 5.92 Å². The number of hydrogen-bond acceptors (Lipinski definition) is 5. The number of benzene rings is 1. The lowest BCUT2D eigenvalue weighted by molar-refractivity contribution is -0.133. The van der Waals surface area contributed by atoms with Crippen LogP contribution in [0.4, 0.5) is 0 Å². The van der Waals surface area contributed by atoms with E-state index in [4.69, 9.17) is 4.74 Å². The van der Waals surface area contributed by atoms with E-state index in [2.05, 4.69) is 15.2 Å². The molecule has 154 valence electrons. The van der Waals surface area contributed by atoms with Crippen molar-refractivity contribution >= 4 is 22.7 Å². The number of carbonyl (C=O) groups is 2. The summed E-state index contributed by atoms with van der Waals surface area (Å²) in [7, 11) is 0. The third-order valence-corrected chi connectivity index (χ3v) is 5.83. The summed E-state index contributed by atoms with van der Waals surface area (Å²) in [4.78, 5) is 34.2. The first-order chi connectivity index (χ1) is 14.7. The first-order valence-corrected chi connectivity index (χ1v) is 10.2. The zero-order chi connectivity index (χ0) is 20.5. The summed E-state index contributed by atoms with van der Waals surface area (Å²) in [6.07, 6.45) is 3.72. The van der Waals surface area contributed by atoms with Crippen molar-refractivity contribution in [2.75, 3.05) is 32.8 Å². The number of aromatic amines is 1. The van der Waals surface area contributed by atoms with Gasteiger partial charge in [0.2, 0.25) is 5.91 Å². The molecular weight excluding hydrogens is 382 g/mol. The maximum Gasteiger partial charge on any atom is 0.275 e. The maximum atomic E-state index is 13.3. The first kappa shape index (κ1) is 18.7. The molecule has 4 heterocycles. The van der Waals surface area contributed by atoms with Crippen LogP contribution in [0, 0.1) is 5.92 Å². The Kier molecular flexibility index (Phi) is 4.92. The van der Waals surface area contributed by atoms with E-state index in [0.717, 1.165) is 16.5 Å². The molecule has 0 radical (unpaired) electrons. The number of ether oxygens (including phenoxy) is 1. The molecule has 1 N–H and O–H groups in total. The van der Waals surface area contributed by atoms with Gasteiger partial charge in [-0.15, -0.1) is 0 Å². The number of hydrogen-bond donors (Lipinski definition) is 1. The Balaban J connectivity index is 1.37. The van der Waals surface area contributed by atoms with Crippen molar-refractivity contribution in [2.45, 2.75) is 12.5 Å². The van der Waals surface area contributed by atoms with Gasteiger partial charge in [-0.1, -0.05) is 24.3 Å². The summed E-state index contributed by atoms with van der Waals surface area (Å²) < 4.78 is 5.82. The van der Waals surface area contributed by atoms with Crippen LogP contribution < -0.4 is 0 Å². The second-order valence-electron chi connectivity index (χ2n) is 7.97. The molecule has 2 fully saturated rings. The van der Waals surface area contributed by atoms with Gasteiger partial charge >= 0.3 is 0 Å². The van der Waals surface area contributed by atoms with Crippen molar-refractivity contribution in [3.05, 3.63) is 60.0 Å². The van der Waals surface area contributed by atoms with E-state index in [-0.39, 0.29) is 23.8 Å². The molecule has 0 aliphatic carbocycles. The highest BCUT2D eigenvalue weighted by atomic mass is 16.5. The van der Waals surface area contributed by atoms with Gasteiger partial charge in [-0.3, -0.25) is 19.7 Å². The van der Waals surface area contributed by atoms with Crippen LogP contribution in [-0.4, -0.2) is 75.7 Å². The Labute approximate surface area is 173 Å². The monoisotopic (exact) mass is 405 g/mol. The van der Waals surface area contributed by atoms with Gasteiger partial charge in [0.25, 0.3) is 5.91 Å². The van der Waals surface area contributed by atoms with E-state index in [1.54, 1.807) is 12.4 Å². The van der Waals surface area contributed by atoms with Crippen LogP contribution in [0.3, 0.4) is 0 Å². The minimum atomic E-state index is -0.171. The molecule has 3 aromatic rings. The molecule has 2 atom stereocenters. The minimum Gasteiger partial charge on any atom is -0.379 e. The van der Waals surface area contributed by atoms with Gasteiger partial charge in [-0.05, 0) is 17.7 Å². The summed E-state index contributed by atoms with van der Waals surface area (Å²) in [6, 6.07) is 11.2. The molecule has 8 heteroatoms. The quantitative estimate of drug-likeness (QED) is 0.713. The molecule has 2 aromatic heterocycles. The van der Waals surface area contributed by atoms with E-state index in [9.17, 15) is 9.59 Å². The normalized spacial score (nSPS) is 21.5. The smallest absolute Gasteiger partial charge is 0.275 e. The number of para-hydroxylation sites is 1.